The van der Waals surface area contributed by atoms with Crippen LogP contribution in [0.25, 0.3) is 0 Å². The molecule has 0 radical (unpaired) electrons. The summed E-state index contributed by atoms with van der Waals surface area (Å²) in [4.78, 5) is 0.0320. The molecule has 0 spiro atoms. The van der Waals surface area contributed by atoms with Crippen molar-refractivity contribution in [2.45, 2.75) is 11.8 Å². The van der Waals surface area contributed by atoms with Crippen LogP contribution in [0.3, 0.4) is 0 Å². The predicted octanol–water partition coefficient (Wildman–Crippen LogP) is 5.00. The van der Waals surface area contributed by atoms with Crippen molar-refractivity contribution >= 4 is 54.8 Å². The number of halogens is 4. The standard InChI is InChI=1S/C13H9BrCl2FNO2S/c1-7-2-3-12(9(14)4-7)21(19,20)18-13-10(15)5-8(17)6-11(13)16/h2-6,18H,1H3. The van der Waals surface area contributed by atoms with Gasteiger partial charge in [-0.3, -0.25) is 4.72 Å². The molecule has 8 heteroatoms. The number of aryl methyl sites for hydroxylation is 1. The maximum Gasteiger partial charge on any atom is 0.263 e. The lowest BCUT2D eigenvalue weighted by Gasteiger charge is -2.13. The second-order valence-corrected chi connectivity index (χ2v) is 7.60. The second-order valence-electron chi connectivity index (χ2n) is 4.28. The smallest absolute Gasteiger partial charge is 0.263 e. The number of nitrogens with one attached hydrogen (secondary N) is 1. The third-order valence-electron chi connectivity index (χ3n) is 2.62. The molecule has 0 aromatic heterocycles. The lowest BCUT2D eigenvalue weighted by Crippen LogP contribution is -2.14. The zero-order valence-electron chi connectivity index (χ0n) is 10.6. The largest absolute Gasteiger partial charge is 0.277 e. The average molecular weight is 413 g/mol. The summed E-state index contributed by atoms with van der Waals surface area (Å²) in [6, 6.07) is 6.74. The van der Waals surface area contributed by atoms with Crippen molar-refractivity contribution in [2.24, 2.45) is 0 Å². The fourth-order valence-corrected chi connectivity index (χ4v) is 4.61. The van der Waals surface area contributed by atoms with Crippen molar-refractivity contribution in [1.82, 2.24) is 0 Å². The van der Waals surface area contributed by atoms with E-state index in [0.29, 0.717) is 4.47 Å². The van der Waals surface area contributed by atoms with Gasteiger partial charge in [-0.2, -0.15) is 0 Å². The number of rotatable bonds is 3. The van der Waals surface area contributed by atoms with Crippen molar-refractivity contribution in [3.8, 4) is 0 Å². The molecular weight excluding hydrogens is 404 g/mol. The molecule has 2 rings (SSSR count). The van der Waals surface area contributed by atoms with Gasteiger partial charge in [0.2, 0.25) is 0 Å². The van der Waals surface area contributed by atoms with Crippen LogP contribution in [-0.2, 0) is 10.0 Å². The van der Waals surface area contributed by atoms with Crippen LogP contribution in [0.1, 0.15) is 5.56 Å². The van der Waals surface area contributed by atoms with Crippen LogP contribution in [0.2, 0.25) is 10.0 Å². The van der Waals surface area contributed by atoms with Gasteiger partial charge in [0, 0.05) is 4.47 Å². The average Bonchev–Trinajstić information content (AvgIpc) is 2.33. The van der Waals surface area contributed by atoms with Gasteiger partial charge in [0.1, 0.15) is 10.7 Å². The maximum absolute atomic E-state index is 13.1. The van der Waals surface area contributed by atoms with E-state index in [1.807, 2.05) is 6.92 Å². The van der Waals surface area contributed by atoms with Crippen LogP contribution in [0.15, 0.2) is 39.7 Å². The zero-order chi connectivity index (χ0) is 15.8. The summed E-state index contributed by atoms with van der Waals surface area (Å²) in [5.74, 6) is -0.649. The van der Waals surface area contributed by atoms with Crippen molar-refractivity contribution in [3.63, 3.8) is 0 Å². The summed E-state index contributed by atoms with van der Waals surface area (Å²) >= 11 is 14.9. The fourth-order valence-electron chi connectivity index (χ4n) is 1.65. The van der Waals surface area contributed by atoms with Gasteiger partial charge in [0.25, 0.3) is 10.0 Å². The molecule has 0 aliphatic heterocycles. The molecule has 0 amide bonds. The first-order valence-electron chi connectivity index (χ1n) is 5.64. The highest BCUT2D eigenvalue weighted by molar-refractivity contribution is 9.10. The SMILES string of the molecule is Cc1ccc(S(=O)(=O)Nc2c(Cl)cc(F)cc2Cl)c(Br)c1. The molecular formula is C13H9BrCl2FNO2S. The minimum atomic E-state index is -3.91. The van der Waals surface area contributed by atoms with Crippen LogP contribution < -0.4 is 4.72 Å². The van der Waals surface area contributed by atoms with E-state index in [2.05, 4.69) is 20.7 Å². The topological polar surface area (TPSA) is 46.2 Å². The van der Waals surface area contributed by atoms with Crippen molar-refractivity contribution in [3.05, 3.63) is 56.2 Å². The number of sulfonamides is 1. The number of hydrogen-bond acceptors (Lipinski definition) is 2. The van der Waals surface area contributed by atoms with Gasteiger partial charge in [0.15, 0.2) is 0 Å². The van der Waals surface area contributed by atoms with Crippen LogP contribution in [-0.4, -0.2) is 8.42 Å². The molecule has 2 aromatic rings. The molecule has 0 aliphatic rings. The molecule has 21 heavy (non-hydrogen) atoms. The highest BCUT2D eigenvalue weighted by Crippen LogP contribution is 2.34. The van der Waals surface area contributed by atoms with Crippen molar-refractivity contribution in [1.29, 1.82) is 0 Å². The van der Waals surface area contributed by atoms with Gasteiger partial charge in [-0.05, 0) is 52.7 Å². The van der Waals surface area contributed by atoms with E-state index in [-0.39, 0.29) is 20.6 Å². The summed E-state index contributed by atoms with van der Waals surface area (Å²) in [5.41, 5.74) is 0.839. The minimum Gasteiger partial charge on any atom is -0.277 e. The molecule has 0 saturated carbocycles. The van der Waals surface area contributed by atoms with E-state index in [0.717, 1.165) is 17.7 Å². The van der Waals surface area contributed by atoms with Gasteiger partial charge in [0.05, 0.1) is 15.7 Å². The Morgan fingerprint density at radius 2 is 1.71 bits per heavy atom. The Bertz CT molecular complexity index is 789. The first-order chi connectivity index (χ1) is 9.70. The van der Waals surface area contributed by atoms with E-state index < -0.39 is 15.8 Å². The molecule has 3 nitrogen and oxygen atoms in total. The second kappa shape index (κ2) is 6.12. The Morgan fingerprint density at radius 3 is 2.24 bits per heavy atom. The Balaban J connectivity index is 2.47. The van der Waals surface area contributed by atoms with E-state index in [1.165, 1.54) is 6.07 Å². The van der Waals surface area contributed by atoms with Gasteiger partial charge >= 0.3 is 0 Å². The minimum absolute atomic E-state index is 0.0320. The quantitative estimate of drug-likeness (QED) is 0.770. The zero-order valence-corrected chi connectivity index (χ0v) is 14.5. The van der Waals surface area contributed by atoms with Gasteiger partial charge < -0.3 is 0 Å². The van der Waals surface area contributed by atoms with Crippen LogP contribution in [0.5, 0.6) is 0 Å². The molecule has 0 heterocycles. The molecule has 1 N–H and O–H groups in total. The molecule has 0 atom stereocenters. The molecule has 0 unspecified atom stereocenters. The Kier molecular flexibility index (Phi) is 4.82. The van der Waals surface area contributed by atoms with Gasteiger partial charge in [-0.25, -0.2) is 12.8 Å². The third-order valence-corrected chi connectivity index (χ3v) is 5.54. The summed E-state index contributed by atoms with van der Waals surface area (Å²) in [6.07, 6.45) is 0. The lowest BCUT2D eigenvalue weighted by atomic mass is 10.2. The fraction of sp³-hybridized carbons (Fsp3) is 0.0769. The normalized spacial score (nSPS) is 11.5. The Hall–Kier alpha value is -0.820. The van der Waals surface area contributed by atoms with Crippen molar-refractivity contribution < 1.29 is 12.8 Å². The van der Waals surface area contributed by atoms with E-state index >= 15 is 0 Å². The van der Waals surface area contributed by atoms with E-state index in [9.17, 15) is 12.8 Å². The summed E-state index contributed by atoms with van der Waals surface area (Å²) in [6.45, 7) is 1.84. The van der Waals surface area contributed by atoms with Crippen LogP contribution in [0, 0.1) is 12.7 Å². The van der Waals surface area contributed by atoms with Gasteiger partial charge in [-0.1, -0.05) is 29.3 Å². The maximum atomic E-state index is 13.1. The summed E-state index contributed by atoms with van der Waals surface area (Å²) < 4.78 is 40.5. The number of anilines is 1. The molecule has 0 fully saturated rings. The molecule has 2 aromatic carbocycles. The monoisotopic (exact) mass is 411 g/mol. The summed E-state index contributed by atoms with van der Waals surface area (Å²) in [5, 5.41) is -0.237. The highest BCUT2D eigenvalue weighted by atomic mass is 79.9. The van der Waals surface area contributed by atoms with Crippen molar-refractivity contribution in [2.75, 3.05) is 4.72 Å². The molecule has 0 bridgehead atoms. The Morgan fingerprint density at radius 1 is 1.14 bits per heavy atom. The van der Waals surface area contributed by atoms with Crippen LogP contribution in [0.4, 0.5) is 10.1 Å². The molecule has 0 saturated heterocycles. The molecule has 112 valence electrons. The van der Waals surface area contributed by atoms with Gasteiger partial charge in [-0.15, -0.1) is 0 Å². The summed E-state index contributed by atoms with van der Waals surface area (Å²) in [7, 11) is -3.91. The molecule has 0 aliphatic carbocycles. The van der Waals surface area contributed by atoms with E-state index in [4.69, 9.17) is 23.2 Å². The van der Waals surface area contributed by atoms with Crippen LogP contribution >= 0.6 is 39.1 Å². The Labute approximate surface area is 140 Å². The van der Waals surface area contributed by atoms with E-state index in [1.54, 1.807) is 12.1 Å². The first-order valence-corrected chi connectivity index (χ1v) is 8.67. The lowest BCUT2D eigenvalue weighted by molar-refractivity contribution is 0.600. The highest BCUT2D eigenvalue weighted by Gasteiger charge is 2.21. The number of hydrogen-bond donors (Lipinski definition) is 1. The third kappa shape index (κ3) is 3.69. The number of benzene rings is 2. The first kappa shape index (κ1) is 16.5. The predicted molar refractivity (Wildman–Crippen MR) is 86.1 cm³/mol.